The van der Waals surface area contributed by atoms with Gasteiger partial charge in [0.05, 0.1) is 9.92 Å². The van der Waals surface area contributed by atoms with E-state index in [1.54, 1.807) is 6.07 Å². The van der Waals surface area contributed by atoms with Crippen molar-refractivity contribution in [2.75, 3.05) is 0 Å². The zero-order valence-electron chi connectivity index (χ0n) is 12.0. The van der Waals surface area contributed by atoms with Crippen LogP contribution in [-0.4, -0.2) is 14.5 Å². The molecule has 0 fully saturated rings. The maximum absolute atomic E-state index is 12.2. The monoisotopic (exact) mass is 381 g/mol. The number of sulfonamides is 1. The second-order valence-corrected chi connectivity index (χ2v) is 8.40. The van der Waals surface area contributed by atoms with Crippen LogP contribution in [0.5, 0.6) is 0 Å². The highest BCUT2D eigenvalue weighted by Gasteiger charge is 2.18. The molecule has 1 unspecified atom stereocenters. The fourth-order valence-electron chi connectivity index (χ4n) is 1.87. The van der Waals surface area contributed by atoms with Crippen LogP contribution in [0.2, 0.25) is 5.02 Å². The summed E-state index contributed by atoms with van der Waals surface area (Å²) in [5.74, 6) is 0.644. The number of rotatable bonds is 7. The van der Waals surface area contributed by atoms with Crippen LogP contribution >= 0.6 is 27.5 Å². The smallest absolute Gasteiger partial charge is 0.208 e. The van der Waals surface area contributed by atoms with Crippen molar-refractivity contribution in [1.82, 2.24) is 4.72 Å². The van der Waals surface area contributed by atoms with E-state index in [0.717, 1.165) is 19.3 Å². The predicted octanol–water partition coefficient (Wildman–Crippen LogP) is 4.60. The maximum Gasteiger partial charge on any atom is 0.240 e. The summed E-state index contributed by atoms with van der Waals surface area (Å²) < 4.78 is 27.7. The van der Waals surface area contributed by atoms with E-state index in [4.69, 9.17) is 11.6 Å². The van der Waals surface area contributed by atoms with Gasteiger partial charge >= 0.3 is 0 Å². The first kappa shape index (κ1) is 18.0. The van der Waals surface area contributed by atoms with E-state index in [9.17, 15) is 8.42 Å². The Kier molecular flexibility index (Phi) is 6.98. The van der Waals surface area contributed by atoms with Crippen LogP contribution < -0.4 is 4.72 Å². The zero-order chi connectivity index (χ0) is 15.3. The molecule has 1 atom stereocenters. The van der Waals surface area contributed by atoms with Crippen molar-refractivity contribution in [3.63, 3.8) is 0 Å². The predicted molar refractivity (Wildman–Crippen MR) is 87.6 cm³/mol. The molecular weight excluding hydrogens is 362 g/mol. The molecule has 114 valence electrons. The van der Waals surface area contributed by atoms with E-state index in [0.29, 0.717) is 15.4 Å². The molecule has 1 aromatic carbocycles. The Bertz CT molecular complexity index is 546. The fraction of sp³-hybridized carbons (Fsp3) is 0.571. The topological polar surface area (TPSA) is 46.2 Å². The summed E-state index contributed by atoms with van der Waals surface area (Å²) in [6.45, 7) is 6.23. The van der Waals surface area contributed by atoms with E-state index < -0.39 is 10.0 Å². The van der Waals surface area contributed by atoms with Gasteiger partial charge in [-0.05, 0) is 53.4 Å². The molecule has 0 amide bonds. The van der Waals surface area contributed by atoms with Gasteiger partial charge < -0.3 is 0 Å². The van der Waals surface area contributed by atoms with E-state index in [2.05, 4.69) is 34.5 Å². The molecule has 0 bridgehead atoms. The quantitative estimate of drug-likeness (QED) is 0.749. The summed E-state index contributed by atoms with van der Waals surface area (Å²) >= 11 is 9.11. The largest absolute Gasteiger partial charge is 0.240 e. The summed E-state index contributed by atoms with van der Waals surface area (Å²) in [6.07, 6.45) is 2.97. The molecule has 0 saturated carbocycles. The van der Waals surface area contributed by atoms with Crippen LogP contribution in [-0.2, 0) is 10.0 Å². The van der Waals surface area contributed by atoms with Crippen molar-refractivity contribution in [1.29, 1.82) is 0 Å². The van der Waals surface area contributed by atoms with Crippen LogP contribution in [0.15, 0.2) is 27.6 Å². The molecule has 0 aliphatic carbocycles. The lowest BCUT2D eigenvalue weighted by Crippen LogP contribution is -2.32. The SMILES string of the molecule is CC(C)CCCC(C)NS(=O)(=O)c1ccc(Cl)c(Br)c1. The summed E-state index contributed by atoms with van der Waals surface area (Å²) in [7, 11) is -3.49. The van der Waals surface area contributed by atoms with Gasteiger partial charge in [-0.2, -0.15) is 0 Å². The second-order valence-electron chi connectivity index (χ2n) is 5.42. The number of hydrogen-bond acceptors (Lipinski definition) is 2. The van der Waals surface area contributed by atoms with Crippen LogP contribution in [0.25, 0.3) is 0 Å². The Hall–Kier alpha value is -0.100. The average Bonchev–Trinajstić information content (AvgIpc) is 2.31. The minimum atomic E-state index is -3.49. The first-order chi connectivity index (χ1) is 9.22. The number of halogens is 2. The van der Waals surface area contributed by atoms with Crippen LogP contribution in [0, 0.1) is 5.92 Å². The molecule has 0 aliphatic heterocycles. The molecule has 20 heavy (non-hydrogen) atoms. The van der Waals surface area contributed by atoms with E-state index in [-0.39, 0.29) is 10.9 Å². The number of benzene rings is 1. The van der Waals surface area contributed by atoms with Crippen molar-refractivity contribution in [2.24, 2.45) is 5.92 Å². The molecule has 3 nitrogen and oxygen atoms in total. The van der Waals surface area contributed by atoms with Gasteiger partial charge in [-0.3, -0.25) is 0 Å². The fourth-order valence-corrected chi connectivity index (χ4v) is 3.82. The zero-order valence-corrected chi connectivity index (χ0v) is 15.1. The van der Waals surface area contributed by atoms with Gasteiger partial charge in [-0.1, -0.05) is 38.3 Å². The lowest BCUT2D eigenvalue weighted by atomic mass is 10.0. The van der Waals surface area contributed by atoms with E-state index in [1.165, 1.54) is 12.1 Å². The van der Waals surface area contributed by atoms with Crippen molar-refractivity contribution in [3.05, 3.63) is 27.7 Å². The highest BCUT2D eigenvalue weighted by molar-refractivity contribution is 9.10. The molecule has 0 aliphatic rings. The van der Waals surface area contributed by atoms with Crippen molar-refractivity contribution in [2.45, 2.75) is 51.0 Å². The van der Waals surface area contributed by atoms with Gasteiger partial charge in [0, 0.05) is 10.5 Å². The normalized spacial score (nSPS) is 13.7. The van der Waals surface area contributed by atoms with Crippen LogP contribution in [0.3, 0.4) is 0 Å². The first-order valence-electron chi connectivity index (χ1n) is 6.69. The van der Waals surface area contributed by atoms with Gasteiger partial charge in [-0.15, -0.1) is 0 Å². The molecule has 0 saturated heterocycles. The third-order valence-electron chi connectivity index (χ3n) is 2.98. The lowest BCUT2D eigenvalue weighted by molar-refractivity contribution is 0.488. The number of nitrogens with one attached hydrogen (secondary N) is 1. The second kappa shape index (κ2) is 7.78. The third-order valence-corrected chi connectivity index (χ3v) is 5.78. The van der Waals surface area contributed by atoms with E-state index >= 15 is 0 Å². The lowest BCUT2D eigenvalue weighted by Gasteiger charge is -2.15. The van der Waals surface area contributed by atoms with Gasteiger partial charge in [0.25, 0.3) is 0 Å². The Labute approximate surface area is 135 Å². The highest BCUT2D eigenvalue weighted by atomic mass is 79.9. The van der Waals surface area contributed by atoms with Crippen LogP contribution in [0.4, 0.5) is 0 Å². The molecule has 1 aromatic rings. The standard InChI is InChI=1S/C14H21BrClNO2S/c1-10(2)5-4-6-11(3)17-20(18,19)12-7-8-14(16)13(15)9-12/h7-11,17H,4-6H2,1-3H3. The Morgan fingerprint density at radius 1 is 1.25 bits per heavy atom. The Morgan fingerprint density at radius 2 is 1.90 bits per heavy atom. The highest BCUT2D eigenvalue weighted by Crippen LogP contribution is 2.25. The minimum Gasteiger partial charge on any atom is -0.208 e. The summed E-state index contributed by atoms with van der Waals surface area (Å²) in [6, 6.07) is 4.53. The van der Waals surface area contributed by atoms with Crippen molar-refractivity contribution in [3.8, 4) is 0 Å². The third kappa shape index (κ3) is 5.72. The molecule has 6 heteroatoms. The van der Waals surface area contributed by atoms with Gasteiger partial charge in [0.2, 0.25) is 10.0 Å². The van der Waals surface area contributed by atoms with Gasteiger partial charge in [-0.25, -0.2) is 13.1 Å². The molecule has 1 rings (SSSR count). The van der Waals surface area contributed by atoms with E-state index in [1.807, 2.05) is 6.92 Å². The summed E-state index contributed by atoms with van der Waals surface area (Å²) in [5.41, 5.74) is 0. The molecule has 0 heterocycles. The Morgan fingerprint density at radius 3 is 2.45 bits per heavy atom. The molecule has 0 radical (unpaired) electrons. The summed E-state index contributed by atoms with van der Waals surface area (Å²) in [4.78, 5) is 0.226. The first-order valence-corrected chi connectivity index (χ1v) is 9.35. The molecule has 1 N–H and O–H groups in total. The molecule has 0 aromatic heterocycles. The minimum absolute atomic E-state index is 0.0757. The maximum atomic E-state index is 12.2. The summed E-state index contributed by atoms with van der Waals surface area (Å²) in [5, 5.41) is 0.494. The van der Waals surface area contributed by atoms with Gasteiger partial charge in [0.15, 0.2) is 0 Å². The van der Waals surface area contributed by atoms with Crippen molar-refractivity contribution < 1.29 is 8.42 Å². The van der Waals surface area contributed by atoms with Gasteiger partial charge in [0.1, 0.15) is 0 Å². The molecule has 0 spiro atoms. The average molecular weight is 383 g/mol. The molecular formula is C14H21BrClNO2S. The van der Waals surface area contributed by atoms with Crippen LogP contribution in [0.1, 0.15) is 40.0 Å². The van der Waals surface area contributed by atoms with Crippen molar-refractivity contribution >= 4 is 37.6 Å². The Balaban J connectivity index is 2.67. The number of hydrogen-bond donors (Lipinski definition) is 1.